The van der Waals surface area contributed by atoms with Crippen molar-refractivity contribution < 1.29 is 14.3 Å². The molecule has 1 aliphatic heterocycles. The Labute approximate surface area is 170 Å². The lowest BCUT2D eigenvalue weighted by atomic mass is 10.1. The van der Waals surface area contributed by atoms with Gasteiger partial charge in [0.15, 0.2) is 0 Å². The van der Waals surface area contributed by atoms with Crippen molar-refractivity contribution in [3.63, 3.8) is 0 Å². The minimum absolute atomic E-state index is 0.0770. The number of halogens is 1. The highest BCUT2D eigenvalue weighted by atomic mass is 35.5. The molecule has 28 heavy (non-hydrogen) atoms. The monoisotopic (exact) mass is 401 g/mol. The van der Waals surface area contributed by atoms with Crippen LogP contribution in [0.3, 0.4) is 0 Å². The highest BCUT2D eigenvalue weighted by Crippen LogP contribution is 2.17. The van der Waals surface area contributed by atoms with Gasteiger partial charge >= 0.3 is 0 Å². The number of carbonyl (C=O) groups excluding carboxylic acids is 2. The number of hydrogen-bond acceptors (Lipinski definition) is 4. The van der Waals surface area contributed by atoms with E-state index >= 15 is 0 Å². The molecule has 1 heterocycles. The summed E-state index contributed by atoms with van der Waals surface area (Å²) in [7, 11) is 1.72. The standard InChI is InChI=1S/C21H24ClN3O3/c1-24(20(26)14-23-21(27)18-4-2-3-5-19(18)22)15-16-6-8-17(9-7-16)25-10-12-28-13-11-25/h2-9H,10-15H2,1H3,(H,23,27). The molecule has 2 amide bonds. The molecule has 3 rings (SSSR count). The van der Waals surface area contributed by atoms with E-state index in [-0.39, 0.29) is 18.4 Å². The molecule has 7 heteroatoms. The molecule has 2 aromatic carbocycles. The molecule has 0 spiro atoms. The first-order valence-electron chi connectivity index (χ1n) is 9.23. The van der Waals surface area contributed by atoms with E-state index in [0.717, 1.165) is 37.6 Å². The van der Waals surface area contributed by atoms with Gasteiger partial charge in [-0.05, 0) is 29.8 Å². The van der Waals surface area contributed by atoms with Gasteiger partial charge in [-0.2, -0.15) is 0 Å². The van der Waals surface area contributed by atoms with Crippen LogP contribution in [0.1, 0.15) is 15.9 Å². The number of nitrogens with one attached hydrogen (secondary N) is 1. The number of benzene rings is 2. The molecule has 0 aliphatic carbocycles. The number of amides is 2. The third-order valence-corrected chi connectivity index (χ3v) is 5.01. The molecule has 1 fully saturated rings. The maximum Gasteiger partial charge on any atom is 0.253 e. The smallest absolute Gasteiger partial charge is 0.253 e. The van der Waals surface area contributed by atoms with Crippen LogP contribution in [0.2, 0.25) is 5.02 Å². The van der Waals surface area contributed by atoms with Gasteiger partial charge in [0.2, 0.25) is 5.91 Å². The predicted octanol–water partition coefficient (Wildman–Crippen LogP) is 2.57. The first-order chi connectivity index (χ1) is 13.5. The lowest BCUT2D eigenvalue weighted by Crippen LogP contribution is -2.38. The van der Waals surface area contributed by atoms with Gasteiger partial charge in [-0.3, -0.25) is 9.59 Å². The number of nitrogens with zero attached hydrogens (tertiary/aromatic N) is 2. The van der Waals surface area contributed by atoms with E-state index in [9.17, 15) is 9.59 Å². The van der Waals surface area contributed by atoms with Crippen LogP contribution in [0.25, 0.3) is 0 Å². The molecule has 2 aromatic rings. The molecular weight excluding hydrogens is 378 g/mol. The van der Waals surface area contributed by atoms with Gasteiger partial charge in [0.25, 0.3) is 5.91 Å². The van der Waals surface area contributed by atoms with E-state index in [1.54, 1.807) is 36.2 Å². The number of rotatable bonds is 6. The lowest BCUT2D eigenvalue weighted by Gasteiger charge is -2.29. The topological polar surface area (TPSA) is 61.9 Å². The molecule has 1 aliphatic rings. The number of anilines is 1. The Morgan fingerprint density at radius 3 is 2.46 bits per heavy atom. The fourth-order valence-corrected chi connectivity index (χ4v) is 3.25. The van der Waals surface area contributed by atoms with Crippen LogP contribution in [0.4, 0.5) is 5.69 Å². The van der Waals surface area contributed by atoms with E-state index in [1.807, 2.05) is 12.1 Å². The first-order valence-corrected chi connectivity index (χ1v) is 9.61. The zero-order valence-electron chi connectivity index (χ0n) is 15.9. The van der Waals surface area contributed by atoms with Crippen molar-refractivity contribution in [3.8, 4) is 0 Å². The third-order valence-electron chi connectivity index (χ3n) is 4.68. The second kappa shape index (κ2) is 9.57. The average molecular weight is 402 g/mol. The summed E-state index contributed by atoms with van der Waals surface area (Å²) in [5, 5.41) is 2.99. The van der Waals surface area contributed by atoms with Crippen molar-refractivity contribution >= 4 is 29.1 Å². The zero-order chi connectivity index (χ0) is 19.9. The summed E-state index contributed by atoms with van der Waals surface area (Å²) < 4.78 is 5.38. The van der Waals surface area contributed by atoms with Crippen molar-refractivity contribution in [3.05, 3.63) is 64.7 Å². The van der Waals surface area contributed by atoms with Gasteiger partial charge in [-0.1, -0.05) is 35.9 Å². The van der Waals surface area contributed by atoms with E-state index in [4.69, 9.17) is 16.3 Å². The molecule has 148 valence electrons. The minimum atomic E-state index is -0.359. The fourth-order valence-electron chi connectivity index (χ4n) is 3.03. The van der Waals surface area contributed by atoms with Crippen molar-refractivity contribution in [1.82, 2.24) is 10.2 Å². The van der Waals surface area contributed by atoms with Crippen LogP contribution < -0.4 is 10.2 Å². The van der Waals surface area contributed by atoms with Crippen LogP contribution >= 0.6 is 11.6 Å². The quantitative estimate of drug-likeness (QED) is 0.808. The van der Waals surface area contributed by atoms with Crippen LogP contribution in [-0.4, -0.2) is 56.6 Å². The van der Waals surface area contributed by atoms with Crippen LogP contribution in [-0.2, 0) is 16.1 Å². The van der Waals surface area contributed by atoms with E-state index < -0.39 is 0 Å². The number of carbonyl (C=O) groups is 2. The lowest BCUT2D eigenvalue weighted by molar-refractivity contribution is -0.129. The summed E-state index contributed by atoms with van der Waals surface area (Å²) in [4.78, 5) is 28.4. The highest BCUT2D eigenvalue weighted by Gasteiger charge is 2.15. The van der Waals surface area contributed by atoms with Gasteiger partial charge < -0.3 is 19.9 Å². The Hall–Kier alpha value is -2.57. The predicted molar refractivity (Wildman–Crippen MR) is 110 cm³/mol. The summed E-state index contributed by atoms with van der Waals surface area (Å²) >= 11 is 6.01. The van der Waals surface area contributed by atoms with Gasteiger partial charge in [-0.15, -0.1) is 0 Å². The number of likely N-dealkylation sites (N-methyl/N-ethyl adjacent to an activating group) is 1. The Morgan fingerprint density at radius 1 is 1.11 bits per heavy atom. The van der Waals surface area contributed by atoms with Crippen molar-refractivity contribution in [2.45, 2.75) is 6.54 Å². The van der Waals surface area contributed by atoms with Crippen molar-refractivity contribution in [2.24, 2.45) is 0 Å². The SMILES string of the molecule is CN(Cc1ccc(N2CCOCC2)cc1)C(=O)CNC(=O)c1ccccc1Cl. The molecule has 0 unspecified atom stereocenters. The van der Waals surface area contributed by atoms with Gasteiger partial charge in [0, 0.05) is 32.4 Å². The molecule has 6 nitrogen and oxygen atoms in total. The molecule has 0 atom stereocenters. The molecule has 1 saturated heterocycles. The Morgan fingerprint density at radius 2 is 1.79 bits per heavy atom. The summed E-state index contributed by atoms with van der Waals surface area (Å²) in [5.74, 6) is -0.528. The van der Waals surface area contributed by atoms with Gasteiger partial charge in [0.1, 0.15) is 0 Å². The minimum Gasteiger partial charge on any atom is -0.378 e. The summed E-state index contributed by atoms with van der Waals surface area (Å²) in [5.41, 5.74) is 2.55. The van der Waals surface area contributed by atoms with Gasteiger partial charge in [0.05, 0.1) is 30.3 Å². The van der Waals surface area contributed by atoms with Crippen LogP contribution in [0.5, 0.6) is 0 Å². The molecular formula is C21H24ClN3O3. The second-order valence-electron chi connectivity index (χ2n) is 6.68. The summed E-state index contributed by atoms with van der Waals surface area (Å²) in [6.45, 7) is 3.68. The Kier molecular flexibility index (Phi) is 6.90. The molecule has 0 radical (unpaired) electrons. The van der Waals surface area contributed by atoms with E-state index in [1.165, 1.54) is 0 Å². The van der Waals surface area contributed by atoms with Crippen molar-refractivity contribution in [1.29, 1.82) is 0 Å². The third kappa shape index (κ3) is 5.24. The number of ether oxygens (including phenoxy) is 1. The Bertz CT molecular complexity index is 820. The summed E-state index contributed by atoms with van der Waals surface area (Å²) in [6.07, 6.45) is 0. The highest BCUT2D eigenvalue weighted by molar-refractivity contribution is 6.33. The van der Waals surface area contributed by atoms with Gasteiger partial charge in [-0.25, -0.2) is 0 Å². The van der Waals surface area contributed by atoms with Crippen LogP contribution in [0, 0.1) is 0 Å². The largest absolute Gasteiger partial charge is 0.378 e. The van der Waals surface area contributed by atoms with Crippen LogP contribution in [0.15, 0.2) is 48.5 Å². The van der Waals surface area contributed by atoms with E-state index in [2.05, 4.69) is 22.3 Å². The molecule has 1 N–H and O–H groups in total. The number of hydrogen-bond donors (Lipinski definition) is 1. The van der Waals surface area contributed by atoms with E-state index in [0.29, 0.717) is 17.1 Å². The first kappa shape index (κ1) is 20.2. The van der Waals surface area contributed by atoms with Crippen molar-refractivity contribution in [2.75, 3.05) is 44.8 Å². The summed E-state index contributed by atoms with van der Waals surface area (Å²) in [6, 6.07) is 14.9. The number of morpholine rings is 1. The maximum atomic E-state index is 12.3. The molecule has 0 bridgehead atoms. The normalized spacial score (nSPS) is 13.9. The fraction of sp³-hybridized carbons (Fsp3) is 0.333. The molecule has 0 aromatic heterocycles. The maximum absolute atomic E-state index is 12.3. The Balaban J connectivity index is 1.49. The second-order valence-corrected chi connectivity index (χ2v) is 7.09. The zero-order valence-corrected chi connectivity index (χ0v) is 16.6. The average Bonchev–Trinajstić information content (AvgIpc) is 2.73. The molecule has 0 saturated carbocycles.